The Balaban J connectivity index is 2.07. The molecule has 0 spiro atoms. The minimum Gasteiger partial charge on any atom is -0.294 e. The van der Waals surface area contributed by atoms with Gasteiger partial charge in [-0.05, 0) is 42.8 Å². The van der Waals surface area contributed by atoms with Crippen LogP contribution in [-0.4, -0.2) is 16.7 Å². The van der Waals surface area contributed by atoms with Crippen LogP contribution in [0.3, 0.4) is 0 Å². The van der Waals surface area contributed by atoms with E-state index in [0.29, 0.717) is 22.8 Å². The molecule has 1 aromatic carbocycles. The zero-order valence-corrected chi connectivity index (χ0v) is 14.7. The van der Waals surface area contributed by atoms with Crippen LogP contribution in [0.15, 0.2) is 54.9 Å². The highest BCUT2D eigenvalue weighted by atomic mass is 35.5. The monoisotopic (exact) mass is 354 g/mol. The van der Waals surface area contributed by atoms with Crippen LogP contribution in [0.4, 0.5) is 5.69 Å². The maximum Gasteiger partial charge on any atom is 0.242 e. The lowest BCUT2D eigenvalue weighted by molar-refractivity contribution is -0.130. The first-order valence-electron chi connectivity index (χ1n) is 8.37. The molecular formula is C20H19ClN2O2. The number of rotatable bonds is 5. The third-order valence-corrected chi connectivity index (χ3v) is 4.52. The number of allylic oxidation sites excluding steroid dienone is 1. The van der Waals surface area contributed by atoms with Crippen molar-refractivity contribution in [2.45, 2.75) is 26.2 Å². The van der Waals surface area contributed by atoms with Crippen molar-refractivity contribution in [1.29, 1.82) is 0 Å². The average molecular weight is 355 g/mol. The van der Waals surface area contributed by atoms with Crippen LogP contribution >= 0.6 is 11.6 Å². The van der Waals surface area contributed by atoms with Crippen molar-refractivity contribution < 1.29 is 9.59 Å². The minimum absolute atomic E-state index is 0.137. The van der Waals surface area contributed by atoms with Gasteiger partial charge >= 0.3 is 0 Å². The van der Waals surface area contributed by atoms with Gasteiger partial charge in [-0.25, -0.2) is 0 Å². The summed E-state index contributed by atoms with van der Waals surface area (Å²) in [5.74, 6) is -0.958. The van der Waals surface area contributed by atoms with Crippen LogP contribution in [0.5, 0.6) is 0 Å². The van der Waals surface area contributed by atoms with Crippen LogP contribution in [0.25, 0.3) is 5.70 Å². The minimum atomic E-state index is -0.629. The molecule has 0 radical (unpaired) electrons. The zero-order chi connectivity index (χ0) is 17.8. The number of anilines is 1. The number of hydrogen-bond donors (Lipinski definition) is 0. The lowest BCUT2D eigenvalue weighted by Gasteiger charge is -2.32. The smallest absolute Gasteiger partial charge is 0.242 e. The number of unbranched alkanes of at least 4 members (excludes halogenated alkanes) is 1. The summed E-state index contributed by atoms with van der Waals surface area (Å²) >= 11 is 5.98. The maximum absolute atomic E-state index is 13.1. The molecule has 1 amide bonds. The number of benzene rings is 1. The molecule has 0 saturated heterocycles. The van der Waals surface area contributed by atoms with Crippen LogP contribution in [0.1, 0.15) is 31.7 Å². The third-order valence-electron chi connectivity index (χ3n) is 4.27. The first kappa shape index (κ1) is 17.4. The van der Waals surface area contributed by atoms with Crippen LogP contribution in [0, 0.1) is 5.92 Å². The van der Waals surface area contributed by atoms with Gasteiger partial charge < -0.3 is 0 Å². The highest BCUT2D eigenvalue weighted by Crippen LogP contribution is 2.34. The molecule has 1 atom stereocenters. The molecule has 1 unspecified atom stereocenters. The molecule has 0 fully saturated rings. The predicted octanol–water partition coefficient (Wildman–Crippen LogP) is 4.50. The largest absolute Gasteiger partial charge is 0.294 e. The number of halogens is 1. The second-order valence-electron chi connectivity index (χ2n) is 6.02. The standard InChI is InChI=1S/C20H19ClN2O2/c1-2-3-6-17-19(24)12-18(14-5-4-11-22-13-14)23(20(17)25)16-9-7-15(21)8-10-16/h4-5,7-13,17H,2-3,6H2,1H3. The number of nitrogens with zero attached hydrogens (tertiary/aromatic N) is 2. The molecule has 0 aliphatic carbocycles. The molecule has 0 bridgehead atoms. The molecule has 0 N–H and O–H groups in total. The van der Waals surface area contributed by atoms with Crippen LogP contribution in [-0.2, 0) is 9.59 Å². The summed E-state index contributed by atoms with van der Waals surface area (Å²) in [5.41, 5.74) is 1.98. The number of carbonyl (C=O) groups is 2. The number of hydrogen-bond acceptors (Lipinski definition) is 3. The van der Waals surface area contributed by atoms with Gasteiger partial charge in [0.2, 0.25) is 5.91 Å². The van der Waals surface area contributed by atoms with Crippen molar-refractivity contribution in [2.24, 2.45) is 5.92 Å². The molecule has 4 nitrogen and oxygen atoms in total. The van der Waals surface area contributed by atoms with Crippen molar-refractivity contribution >= 4 is 34.7 Å². The molecule has 1 aromatic heterocycles. The van der Waals surface area contributed by atoms with Gasteiger partial charge in [0.25, 0.3) is 0 Å². The number of amides is 1. The molecular weight excluding hydrogens is 336 g/mol. The summed E-state index contributed by atoms with van der Waals surface area (Å²) in [5, 5.41) is 0.596. The second-order valence-corrected chi connectivity index (χ2v) is 6.45. The van der Waals surface area contributed by atoms with E-state index in [1.807, 2.05) is 13.0 Å². The van der Waals surface area contributed by atoms with E-state index in [2.05, 4.69) is 4.98 Å². The van der Waals surface area contributed by atoms with E-state index in [1.54, 1.807) is 53.7 Å². The SMILES string of the molecule is CCCCC1C(=O)C=C(c2cccnc2)N(c2ccc(Cl)cc2)C1=O. The number of ketones is 1. The van der Waals surface area contributed by atoms with Gasteiger partial charge in [-0.2, -0.15) is 0 Å². The molecule has 2 aromatic rings. The Labute approximate surface area is 152 Å². The maximum atomic E-state index is 13.1. The van der Waals surface area contributed by atoms with Crippen LogP contribution < -0.4 is 4.90 Å². The topological polar surface area (TPSA) is 50.3 Å². The average Bonchev–Trinajstić information content (AvgIpc) is 2.63. The van der Waals surface area contributed by atoms with E-state index in [4.69, 9.17) is 11.6 Å². The van der Waals surface area contributed by atoms with Gasteiger partial charge in [0.1, 0.15) is 5.92 Å². The Hall–Kier alpha value is -2.46. The molecule has 3 rings (SSSR count). The third kappa shape index (κ3) is 3.64. The van der Waals surface area contributed by atoms with Gasteiger partial charge in [-0.15, -0.1) is 0 Å². The fourth-order valence-electron chi connectivity index (χ4n) is 2.95. The number of carbonyl (C=O) groups excluding carboxylic acids is 2. The fourth-order valence-corrected chi connectivity index (χ4v) is 3.08. The summed E-state index contributed by atoms with van der Waals surface area (Å²) in [6.45, 7) is 2.05. The van der Waals surface area contributed by atoms with Crippen molar-refractivity contribution in [3.05, 3.63) is 65.5 Å². The Kier molecular flexibility index (Phi) is 5.29. The highest BCUT2D eigenvalue weighted by molar-refractivity contribution is 6.30. The highest BCUT2D eigenvalue weighted by Gasteiger charge is 2.37. The summed E-state index contributed by atoms with van der Waals surface area (Å²) in [4.78, 5) is 31.4. The molecule has 0 saturated carbocycles. The summed E-state index contributed by atoms with van der Waals surface area (Å²) < 4.78 is 0. The van der Waals surface area contributed by atoms with Crippen molar-refractivity contribution in [3.63, 3.8) is 0 Å². The molecule has 1 aliphatic heterocycles. The van der Waals surface area contributed by atoms with Gasteiger partial charge in [-0.1, -0.05) is 31.4 Å². The van der Waals surface area contributed by atoms with Crippen molar-refractivity contribution in [1.82, 2.24) is 4.98 Å². The summed E-state index contributed by atoms with van der Waals surface area (Å²) in [7, 11) is 0. The van der Waals surface area contributed by atoms with E-state index in [1.165, 1.54) is 0 Å². The fraction of sp³-hybridized carbons (Fsp3) is 0.250. The van der Waals surface area contributed by atoms with E-state index >= 15 is 0 Å². The van der Waals surface area contributed by atoms with Gasteiger partial charge in [0.15, 0.2) is 5.78 Å². The molecule has 1 aliphatic rings. The predicted molar refractivity (Wildman–Crippen MR) is 99.2 cm³/mol. The number of aromatic nitrogens is 1. The normalized spacial score (nSPS) is 17.6. The van der Waals surface area contributed by atoms with Crippen LogP contribution in [0.2, 0.25) is 5.02 Å². The Morgan fingerprint density at radius 2 is 1.92 bits per heavy atom. The van der Waals surface area contributed by atoms with E-state index < -0.39 is 5.92 Å². The van der Waals surface area contributed by atoms with Gasteiger partial charge in [0, 0.05) is 34.7 Å². The molecule has 128 valence electrons. The first-order valence-corrected chi connectivity index (χ1v) is 8.75. The Morgan fingerprint density at radius 1 is 1.16 bits per heavy atom. The lowest BCUT2D eigenvalue weighted by Crippen LogP contribution is -2.42. The first-order chi connectivity index (χ1) is 12.1. The van der Waals surface area contributed by atoms with E-state index in [0.717, 1.165) is 18.4 Å². The van der Waals surface area contributed by atoms with Gasteiger partial charge in [0.05, 0.1) is 5.70 Å². The molecule has 2 heterocycles. The quantitative estimate of drug-likeness (QED) is 0.743. The second kappa shape index (κ2) is 7.62. The Bertz CT molecular complexity index is 800. The number of pyridine rings is 1. The van der Waals surface area contributed by atoms with E-state index in [9.17, 15) is 9.59 Å². The summed E-state index contributed by atoms with van der Waals surface area (Å²) in [6.07, 6.45) is 7.22. The zero-order valence-electron chi connectivity index (χ0n) is 14.0. The molecule has 5 heteroatoms. The summed E-state index contributed by atoms with van der Waals surface area (Å²) in [6, 6.07) is 10.7. The van der Waals surface area contributed by atoms with Gasteiger partial charge in [-0.3, -0.25) is 19.5 Å². The Morgan fingerprint density at radius 3 is 2.56 bits per heavy atom. The molecule has 25 heavy (non-hydrogen) atoms. The van der Waals surface area contributed by atoms with Crippen molar-refractivity contribution in [2.75, 3.05) is 4.90 Å². The lowest BCUT2D eigenvalue weighted by atomic mass is 9.90. The van der Waals surface area contributed by atoms with E-state index in [-0.39, 0.29) is 11.7 Å². The van der Waals surface area contributed by atoms with Crippen molar-refractivity contribution in [3.8, 4) is 0 Å².